The van der Waals surface area contributed by atoms with E-state index in [1.807, 2.05) is 46.2 Å². The summed E-state index contributed by atoms with van der Waals surface area (Å²) in [6.45, 7) is 4.45. The lowest BCUT2D eigenvalue weighted by atomic mass is 10.1. The standard InChI is InChI=1S/C28H30F3N3O/c29-28(30,31)23-12-3-4-13-24(23)33-19-17-32(18-20-33)15-5-1-2-6-16-34-25-14-8-10-21-9-7-11-22(26(21)25)27(34)35/h3-4,7-14H,1-2,5-6,15-20H2. The fourth-order valence-electron chi connectivity index (χ4n) is 5.36. The molecule has 4 nitrogen and oxygen atoms in total. The largest absolute Gasteiger partial charge is 0.418 e. The van der Waals surface area contributed by atoms with Gasteiger partial charge in [-0.25, -0.2) is 0 Å². The lowest BCUT2D eigenvalue weighted by Crippen LogP contribution is -2.47. The van der Waals surface area contributed by atoms with Gasteiger partial charge in [0.1, 0.15) is 0 Å². The Bertz CT molecular complexity index is 1200. The first-order chi connectivity index (χ1) is 16.9. The minimum atomic E-state index is -4.33. The van der Waals surface area contributed by atoms with E-state index in [1.54, 1.807) is 12.1 Å². The monoisotopic (exact) mass is 481 g/mol. The number of amides is 1. The summed E-state index contributed by atoms with van der Waals surface area (Å²) in [4.78, 5) is 19.0. The maximum absolute atomic E-state index is 13.3. The first-order valence-electron chi connectivity index (χ1n) is 12.4. The summed E-state index contributed by atoms with van der Waals surface area (Å²) < 4.78 is 40.0. The first kappa shape index (κ1) is 23.7. The molecule has 184 valence electrons. The molecule has 0 bridgehead atoms. The second kappa shape index (κ2) is 9.90. The number of carbonyl (C=O) groups excluding carboxylic acids is 1. The van der Waals surface area contributed by atoms with Crippen LogP contribution in [0.4, 0.5) is 24.5 Å². The number of hydrogen-bond acceptors (Lipinski definition) is 3. The van der Waals surface area contributed by atoms with Gasteiger partial charge < -0.3 is 9.80 Å². The van der Waals surface area contributed by atoms with Gasteiger partial charge in [0.15, 0.2) is 0 Å². The van der Waals surface area contributed by atoms with E-state index in [2.05, 4.69) is 4.90 Å². The van der Waals surface area contributed by atoms with Gasteiger partial charge in [-0.05, 0) is 49.0 Å². The van der Waals surface area contributed by atoms with E-state index in [4.69, 9.17) is 0 Å². The summed E-state index contributed by atoms with van der Waals surface area (Å²) in [6.07, 6.45) is -0.185. The smallest absolute Gasteiger partial charge is 0.368 e. The topological polar surface area (TPSA) is 26.8 Å². The van der Waals surface area contributed by atoms with Crippen LogP contribution < -0.4 is 9.80 Å². The highest BCUT2D eigenvalue weighted by Gasteiger charge is 2.35. The minimum Gasteiger partial charge on any atom is -0.368 e. The van der Waals surface area contributed by atoms with Crippen molar-refractivity contribution in [2.24, 2.45) is 0 Å². The van der Waals surface area contributed by atoms with Crippen LogP contribution in [0.1, 0.15) is 41.6 Å². The van der Waals surface area contributed by atoms with Gasteiger partial charge in [-0.2, -0.15) is 13.2 Å². The molecule has 0 N–H and O–H groups in total. The number of anilines is 2. The third-order valence-electron chi connectivity index (χ3n) is 7.18. The third-order valence-corrected chi connectivity index (χ3v) is 7.18. The van der Waals surface area contributed by atoms with E-state index in [-0.39, 0.29) is 11.6 Å². The molecular formula is C28H30F3N3O. The van der Waals surface area contributed by atoms with Gasteiger partial charge in [0.25, 0.3) is 5.91 Å². The summed E-state index contributed by atoms with van der Waals surface area (Å²) in [5.74, 6) is 0.0989. The van der Waals surface area contributed by atoms with Gasteiger partial charge in [0, 0.05) is 49.4 Å². The normalized spacial score (nSPS) is 16.5. The number of piperazine rings is 1. The van der Waals surface area contributed by atoms with Crippen molar-refractivity contribution in [1.29, 1.82) is 0 Å². The Labute approximate surface area is 203 Å². The molecule has 1 saturated heterocycles. The number of rotatable bonds is 8. The van der Waals surface area contributed by atoms with Crippen LogP contribution in [0.25, 0.3) is 10.8 Å². The second-order valence-electron chi connectivity index (χ2n) is 9.40. The van der Waals surface area contributed by atoms with Gasteiger partial charge in [-0.3, -0.25) is 9.69 Å². The third kappa shape index (κ3) is 4.87. The molecule has 0 unspecified atom stereocenters. The Hall–Kier alpha value is -3.06. The molecule has 0 aliphatic carbocycles. The number of carbonyl (C=O) groups is 1. The van der Waals surface area contributed by atoms with Crippen LogP contribution in [0.15, 0.2) is 60.7 Å². The SMILES string of the molecule is O=C1c2cccc3cccc(c23)N1CCCCCCN1CCN(c2ccccc2C(F)(F)F)CC1. The summed E-state index contributed by atoms with van der Waals surface area (Å²) in [7, 11) is 0. The summed E-state index contributed by atoms with van der Waals surface area (Å²) >= 11 is 0. The van der Waals surface area contributed by atoms with Crippen molar-refractivity contribution in [3.05, 3.63) is 71.8 Å². The molecule has 0 saturated carbocycles. The van der Waals surface area contributed by atoms with Gasteiger partial charge >= 0.3 is 6.18 Å². The number of alkyl halides is 3. The molecule has 7 heteroatoms. The molecule has 1 amide bonds. The van der Waals surface area contributed by atoms with Crippen LogP contribution in [-0.2, 0) is 6.18 Å². The molecule has 3 aromatic rings. The van der Waals surface area contributed by atoms with Gasteiger partial charge in [-0.15, -0.1) is 0 Å². The Morgan fingerprint density at radius 1 is 0.714 bits per heavy atom. The van der Waals surface area contributed by atoms with E-state index >= 15 is 0 Å². The van der Waals surface area contributed by atoms with Crippen molar-refractivity contribution >= 4 is 28.1 Å². The van der Waals surface area contributed by atoms with Crippen molar-refractivity contribution < 1.29 is 18.0 Å². The number of nitrogens with zero attached hydrogens (tertiary/aromatic N) is 3. The van der Waals surface area contributed by atoms with Crippen molar-refractivity contribution in [2.75, 3.05) is 49.1 Å². The molecule has 3 aromatic carbocycles. The zero-order chi connectivity index (χ0) is 24.4. The number of unbranched alkanes of at least 4 members (excludes halogenated alkanes) is 3. The fraction of sp³-hybridized carbons (Fsp3) is 0.393. The Morgan fingerprint density at radius 2 is 1.37 bits per heavy atom. The highest BCUT2D eigenvalue weighted by Crippen LogP contribution is 2.38. The predicted octanol–water partition coefficient (Wildman–Crippen LogP) is 6.20. The predicted molar refractivity (Wildman–Crippen MR) is 134 cm³/mol. The Kier molecular flexibility index (Phi) is 6.69. The average Bonchev–Trinajstić information content (AvgIpc) is 3.14. The highest BCUT2D eigenvalue weighted by atomic mass is 19.4. The van der Waals surface area contributed by atoms with Crippen LogP contribution in [0.5, 0.6) is 0 Å². The average molecular weight is 482 g/mol. The number of hydrogen-bond donors (Lipinski definition) is 0. The molecule has 2 aliphatic rings. The summed E-state index contributed by atoms with van der Waals surface area (Å²) in [5, 5.41) is 2.18. The van der Waals surface area contributed by atoms with Gasteiger partial charge in [0.05, 0.1) is 11.3 Å². The first-order valence-corrected chi connectivity index (χ1v) is 12.4. The number of benzene rings is 3. The zero-order valence-corrected chi connectivity index (χ0v) is 19.7. The van der Waals surface area contributed by atoms with Crippen LogP contribution in [0.3, 0.4) is 0 Å². The fourth-order valence-corrected chi connectivity index (χ4v) is 5.36. The van der Waals surface area contributed by atoms with Crippen LogP contribution in [-0.4, -0.2) is 50.1 Å². The Morgan fingerprint density at radius 3 is 2.11 bits per heavy atom. The maximum atomic E-state index is 13.3. The molecule has 0 aromatic heterocycles. The molecule has 0 radical (unpaired) electrons. The molecule has 0 atom stereocenters. The van der Waals surface area contributed by atoms with E-state index in [1.165, 1.54) is 6.07 Å². The van der Waals surface area contributed by atoms with Crippen molar-refractivity contribution in [2.45, 2.75) is 31.9 Å². The van der Waals surface area contributed by atoms with Gasteiger partial charge in [0.2, 0.25) is 0 Å². The molecule has 2 heterocycles. The quantitative estimate of drug-likeness (QED) is 0.359. The summed E-state index contributed by atoms with van der Waals surface area (Å²) in [5.41, 5.74) is 1.56. The molecule has 1 fully saturated rings. The highest BCUT2D eigenvalue weighted by molar-refractivity contribution is 6.24. The number of para-hydroxylation sites is 1. The molecule has 35 heavy (non-hydrogen) atoms. The van der Waals surface area contributed by atoms with Crippen LogP contribution in [0.2, 0.25) is 0 Å². The van der Waals surface area contributed by atoms with Crippen molar-refractivity contribution in [3.8, 4) is 0 Å². The lowest BCUT2D eigenvalue weighted by Gasteiger charge is -2.37. The van der Waals surface area contributed by atoms with Crippen molar-refractivity contribution in [3.63, 3.8) is 0 Å². The lowest BCUT2D eigenvalue weighted by molar-refractivity contribution is -0.137. The van der Waals surface area contributed by atoms with Gasteiger partial charge in [-0.1, -0.05) is 49.2 Å². The van der Waals surface area contributed by atoms with E-state index in [9.17, 15) is 18.0 Å². The molecular weight excluding hydrogens is 451 g/mol. The van der Waals surface area contributed by atoms with Crippen LogP contribution >= 0.6 is 0 Å². The molecule has 2 aliphatic heterocycles. The Balaban J connectivity index is 1.04. The minimum absolute atomic E-state index is 0.0989. The summed E-state index contributed by atoms with van der Waals surface area (Å²) in [6, 6.07) is 17.8. The zero-order valence-electron chi connectivity index (χ0n) is 19.7. The number of halogens is 3. The van der Waals surface area contributed by atoms with Crippen molar-refractivity contribution in [1.82, 2.24) is 4.90 Å². The maximum Gasteiger partial charge on any atom is 0.418 e. The second-order valence-corrected chi connectivity index (χ2v) is 9.40. The van der Waals surface area contributed by atoms with Crippen LogP contribution in [0, 0.1) is 0 Å². The van der Waals surface area contributed by atoms with E-state index < -0.39 is 11.7 Å². The molecule has 5 rings (SSSR count). The van der Waals surface area contributed by atoms with E-state index in [0.29, 0.717) is 13.1 Å². The van der Waals surface area contributed by atoms with E-state index in [0.717, 1.165) is 80.0 Å². The molecule has 0 spiro atoms.